The molecule has 1 rings (SSSR count). The van der Waals surface area contributed by atoms with Crippen LogP contribution in [-0.2, 0) is 0 Å². The zero-order chi connectivity index (χ0) is 9.14. The van der Waals surface area contributed by atoms with Crippen molar-refractivity contribution in [3.63, 3.8) is 0 Å². The molecule has 2 nitrogen and oxygen atoms in total. The lowest BCUT2D eigenvalue weighted by Gasteiger charge is -2.07. The third-order valence-corrected chi connectivity index (χ3v) is 1.61. The third-order valence-electron chi connectivity index (χ3n) is 1.61. The molecule has 1 aromatic rings. The number of nitrogens with two attached hydrogens (primary N) is 1. The van der Waals surface area contributed by atoms with Crippen molar-refractivity contribution in [3.8, 4) is 0 Å². The first-order valence-corrected chi connectivity index (χ1v) is 3.58. The van der Waals surface area contributed by atoms with Crippen LogP contribution in [0.25, 0.3) is 6.08 Å². The summed E-state index contributed by atoms with van der Waals surface area (Å²) >= 11 is 0. The largest absolute Gasteiger partial charge is 0.399 e. The second kappa shape index (κ2) is 3.26. The summed E-state index contributed by atoms with van der Waals surface area (Å²) in [7, 11) is 1.65. The van der Waals surface area contributed by atoms with Gasteiger partial charge in [0.25, 0.3) is 0 Å². The Morgan fingerprint density at radius 1 is 1.58 bits per heavy atom. The van der Waals surface area contributed by atoms with Crippen LogP contribution in [0.2, 0.25) is 0 Å². The van der Waals surface area contributed by atoms with Crippen molar-refractivity contribution >= 4 is 17.5 Å². The SMILES string of the molecule is C=Cc1cc(N)cc(F)c1NC. The molecule has 0 atom stereocenters. The first kappa shape index (κ1) is 8.59. The van der Waals surface area contributed by atoms with Crippen molar-refractivity contribution in [3.05, 3.63) is 30.1 Å². The van der Waals surface area contributed by atoms with Gasteiger partial charge in [0, 0.05) is 18.3 Å². The first-order valence-electron chi connectivity index (χ1n) is 3.58. The van der Waals surface area contributed by atoms with Gasteiger partial charge in [-0.05, 0) is 12.1 Å². The fourth-order valence-electron chi connectivity index (χ4n) is 1.07. The molecule has 0 aliphatic heterocycles. The molecule has 0 unspecified atom stereocenters. The maximum atomic E-state index is 13.1. The van der Waals surface area contributed by atoms with Gasteiger partial charge in [-0.2, -0.15) is 0 Å². The van der Waals surface area contributed by atoms with Crippen LogP contribution >= 0.6 is 0 Å². The maximum absolute atomic E-state index is 13.1. The summed E-state index contributed by atoms with van der Waals surface area (Å²) in [5.41, 5.74) is 6.95. The molecule has 3 N–H and O–H groups in total. The minimum Gasteiger partial charge on any atom is -0.399 e. The van der Waals surface area contributed by atoms with Gasteiger partial charge in [-0.3, -0.25) is 0 Å². The normalized spacial score (nSPS) is 9.50. The summed E-state index contributed by atoms with van der Waals surface area (Å²) < 4.78 is 13.1. The molecule has 0 aliphatic rings. The summed E-state index contributed by atoms with van der Waals surface area (Å²) in [5, 5.41) is 2.74. The zero-order valence-corrected chi connectivity index (χ0v) is 6.89. The predicted octanol–water partition coefficient (Wildman–Crippen LogP) is 2.09. The van der Waals surface area contributed by atoms with E-state index in [1.165, 1.54) is 6.07 Å². The highest BCUT2D eigenvalue weighted by molar-refractivity contribution is 5.70. The molecule has 3 heteroatoms. The quantitative estimate of drug-likeness (QED) is 0.660. The van der Waals surface area contributed by atoms with E-state index in [1.807, 2.05) is 0 Å². The number of halogens is 1. The van der Waals surface area contributed by atoms with Crippen molar-refractivity contribution in [2.75, 3.05) is 18.1 Å². The summed E-state index contributed by atoms with van der Waals surface area (Å²) in [6.07, 6.45) is 1.56. The molecule has 0 fully saturated rings. The van der Waals surface area contributed by atoms with E-state index in [0.717, 1.165) is 0 Å². The third kappa shape index (κ3) is 1.39. The maximum Gasteiger partial charge on any atom is 0.148 e. The average molecular weight is 166 g/mol. The van der Waals surface area contributed by atoms with Crippen LogP contribution in [0.5, 0.6) is 0 Å². The van der Waals surface area contributed by atoms with E-state index >= 15 is 0 Å². The zero-order valence-electron chi connectivity index (χ0n) is 6.89. The van der Waals surface area contributed by atoms with E-state index in [2.05, 4.69) is 11.9 Å². The number of hydrogen-bond donors (Lipinski definition) is 2. The van der Waals surface area contributed by atoms with Crippen molar-refractivity contribution < 1.29 is 4.39 Å². The molecule has 64 valence electrons. The molecule has 0 heterocycles. The van der Waals surface area contributed by atoms with E-state index in [9.17, 15) is 4.39 Å². The lowest BCUT2D eigenvalue weighted by molar-refractivity contribution is 0.632. The van der Waals surface area contributed by atoms with Crippen molar-refractivity contribution in [2.45, 2.75) is 0 Å². The molecule has 0 amide bonds. The lowest BCUT2D eigenvalue weighted by atomic mass is 10.1. The monoisotopic (exact) mass is 166 g/mol. The Kier molecular flexibility index (Phi) is 2.33. The fourth-order valence-corrected chi connectivity index (χ4v) is 1.07. The Morgan fingerprint density at radius 2 is 2.25 bits per heavy atom. The summed E-state index contributed by atoms with van der Waals surface area (Å²) in [5.74, 6) is -0.354. The predicted molar refractivity (Wildman–Crippen MR) is 50.5 cm³/mol. The second-order valence-electron chi connectivity index (χ2n) is 2.42. The molecule has 0 aromatic heterocycles. The van der Waals surface area contributed by atoms with Gasteiger partial charge in [0.2, 0.25) is 0 Å². The number of rotatable bonds is 2. The van der Waals surface area contributed by atoms with Gasteiger partial charge in [0.15, 0.2) is 0 Å². The van der Waals surface area contributed by atoms with Crippen LogP contribution in [-0.4, -0.2) is 7.05 Å². The highest BCUT2D eigenvalue weighted by atomic mass is 19.1. The lowest BCUT2D eigenvalue weighted by Crippen LogP contribution is -1.97. The van der Waals surface area contributed by atoms with Crippen LogP contribution in [0, 0.1) is 5.82 Å². The van der Waals surface area contributed by atoms with Crippen LogP contribution in [0.1, 0.15) is 5.56 Å². The van der Waals surface area contributed by atoms with Gasteiger partial charge in [-0.25, -0.2) is 4.39 Å². The Morgan fingerprint density at radius 3 is 2.75 bits per heavy atom. The van der Waals surface area contributed by atoms with Gasteiger partial charge in [0.1, 0.15) is 5.82 Å². The number of hydrogen-bond acceptors (Lipinski definition) is 2. The summed E-state index contributed by atoms with van der Waals surface area (Å²) in [4.78, 5) is 0. The van der Waals surface area contributed by atoms with E-state index in [1.54, 1.807) is 19.2 Å². The van der Waals surface area contributed by atoms with Crippen LogP contribution in [0.4, 0.5) is 15.8 Å². The van der Waals surface area contributed by atoms with Gasteiger partial charge in [-0.1, -0.05) is 12.7 Å². The highest BCUT2D eigenvalue weighted by Crippen LogP contribution is 2.23. The number of nitrogen functional groups attached to an aromatic ring is 1. The molecule has 0 bridgehead atoms. The topological polar surface area (TPSA) is 38.0 Å². The Labute approximate surface area is 70.9 Å². The fraction of sp³-hybridized carbons (Fsp3) is 0.111. The minimum absolute atomic E-state index is 0.354. The molecular weight excluding hydrogens is 155 g/mol. The molecule has 0 saturated heterocycles. The van der Waals surface area contributed by atoms with Gasteiger partial charge >= 0.3 is 0 Å². The van der Waals surface area contributed by atoms with E-state index in [4.69, 9.17) is 5.73 Å². The van der Waals surface area contributed by atoms with Gasteiger partial charge in [-0.15, -0.1) is 0 Å². The van der Waals surface area contributed by atoms with Crippen molar-refractivity contribution in [1.82, 2.24) is 0 Å². The van der Waals surface area contributed by atoms with Crippen LogP contribution in [0.15, 0.2) is 18.7 Å². The summed E-state index contributed by atoms with van der Waals surface area (Å²) in [6.45, 7) is 3.56. The Balaban J connectivity index is 3.33. The Hall–Kier alpha value is -1.51. The van der Waals surface area contributed by atoms with E-state index in [-0.39, 0.29) is 5.82 Å². The average Bonchev–Trinajstić information content (AvgIpc) is 2.03. The standard InChI is InChI=1S/C9H11FN2/c1-3-6-4-7(11)5-8(10)9(6)12-2/h3-5,12H,1,11H2,2H3. The molecule has 1 aromatic carbocycles. The molecule has 0 radical (unpaired) electrons. The van der Waals surface area contributed by atoms with E-state index in [0.29, 0.717) is 16.9 Å². The number of benzene rings is 1. The van der Waals surface area contributed by atoms with Crippen LogP contribution in [0.3, 0.4) is 0 Å². The van der Waals surface area contributed by atoms with Gasteiger partial charge < -0.3 is 11.1 Å². The molecular formula is C9H11FN2. The van der Waals surface area contributed by atoms with Crippen molar-refractivity contribution in [2.24, 2.45) is 0 Å². The molecule has 0 spiro atoms. The first-order chi connectivity index (χ1) is 5.69. The van der Waals surface area contributed by atoms with Crippen LogP contribution < -0.4 is 11.1 Å². The number of nitrogens with one attached hydrogen (secondary N) is 1. The smallest absolute Gasteiger partial charge is 0.148 e. The van der Waals surface area contributed by atoms with Gasteiger partial charge in [0.05, 0.1) is 5.69 Å². The van der Waals surface area contributed by atoms with E-state index < -0.39 is 0 Å². The second-order valence-corrected chi connectivity index (χ2v) is 2.42. The summed E-state index contributed by atoms with van der Waals surface area (Å²) in [6, 6.07) is 2.95. The molecule has 0 aliphatic carbocycles. The minimum atomic E-state index is -0.354. The van der Waals surface area contributed by atoms with Crippen molar-refractivity contribution in [1.29, 1.82) is 0 Å². The molecule has 12 heavy (non-hydrogen) atoms. The highest BCUT2D eigenvalue weighted by Gasteiger charge is 2.05. The Bertz CT molecular complexity index is 308. The molecule has 0 saturated carbocycles. The number of anilines is 2.